The van der Waals surface area contributed by atoms with Crippen molar-refractivity contribution in [3.63, 3.8) is 0 Å². The summed E-state index contributed by atoms with van der Waals surface area (Å²) in [4.78, 5) is 37.2. The van der Waals surface area contributed by atoms with Crippen LogP contribution in [0.4, 0.5) is 0 Å². The fraction of sp³-hybridized carbons (Fsp3) is 0.727. The Morgan fingerprint density at radius 3 is 2.53 bits per heavy atom. The molecule has 1 atom stereocenters. The van der Waals surface area contributed by atoms with E-state index in [1.807, 2.05) is 0 Å². The molecule has 0 bridgehead atoms. The van der Waals surface area contributed by atoms with E-state index in [1.54, 1.807) is 11.8 Å². The Bertz CT molecular complexity index is 364. The van der Waals surface area contributed by atoms with E-state index in [-0.39, 0.29) is 30.8 Å². The molecule has 1 heterocycles. The third-order valence-electron chi connectivity index (χ3n) is 3.27. The Morgan fingerprint density at radius 2 is 2.12 bits per heavy atom. The Morgan fingerprint density at radius 1 is 1.47 bits per heavy atom. The van der Waals surface area contributed by atoms with Crippen LogP contribution in [0.5, 0.6) is 0 Å². The van der Waals surface area contributed by atoms with Crippen molar-refractivity contribution in [3.8, 4) is 0 Å². The second-order valence-corrected chi connectivity index (χ2v) is 4.49. The first-order valence-corrected chi connectivity index (χ1v) is 5.86. The van der Waals surface area contributed by atoms with E-state index in [9.17, 15) is 14.4 Å². The van der Waals surface area contributed by atoms with Crippen molar-refractivity contribution in [3.05, 3.63) is 0 Å². The van der Waals surface area contributed by atoms with Crippen LogP contribution in [0.2, 0.25) is 0 Å². The Hall–Kier alpha value is -1.43. The van der Waals surface area contributed by atoms with E-state index >= 15 is 0 Å². The molecule has 2 rings (SSSR count). The third kappa shape index (κ3) is 2.31. The van der Waals surface area contributed by atoms with Gasteiger partial charge in [-0.15, -0.1) is 0 Å². The van der Waals surface area contributed by atoms with E-state index in [0.29, 0.717) is 6.54 Å². The minimum absolute atomic E-state index is 0.121. The summed E-state index contributed by atoms with van der Waals surface area (Å²) in [7, 11) is 0. The maximum absolute atomic E-state index is 12.0. The predicted octanol–water partition coefficient (Wildman–Crippen LogP) is -0.317. The zero-order valence-corrected chi connectivity index (χ0v) is 9.76. The van der Waals surface area contributed by atoms with Crippen molar-refractivity contribution >= 4 is 17.8 Å². The zero-order valence-electron chi connectivity index (χ0n) is 9.76. The highest BCUT2D eigenvalue weighted by Crippen LogP contribution is 2.31. The van der Waals surface area contributed by atoms with Gasteiger partial charge in [-0.1, -0.05) is 0 Å². The second kappa shape index (κ2) is 4.44. The summed E-state index contributed by atoms with van der Waals surface area (Å²) < 4.78 is 0. The molecule has 1 aliphatic heterocycles. The van der Waals surface area contributed by atoms with Gasteiger partial charge in [0.2, 0.25) is 11.8 Å². The summed E-state index contributed by atoms with van der Waals surface area (Å²) >= 11 is 0. The molecule has 1 unspecified atom stereocenters. The molecular formula is C11H16N2O4. The smallest absolute Gasteiger partial charge is 0.317 e. The van der Waals surface area contributed by atoms with Gasteiger partial charge in [-0.2, -0.15) is 0 Å². The van der Waals surface area contributed by atoms with Crippen molar-refractivity contribution in [1.29, 1.82) is 0 Å². The molecule has 1 aliphatic carbocycles. The zero-order chi connectivity index (χ0) is 12.6. The average molecular weight is 240 g/mol. The van der Waals surface area contributed by atoms with Gasteiger partial charge in [0.15, 0.2) is 0 Å². The number of carboxylic acids is 1. The Kier molecular flexibility index (Phi) is 3.15. The molecule has 17 heavy (non-hydrogen) atoms. The summed E-state index contributed by atoms with van der Waals surface area (Å²) in [6.07, 6.45) is 1.95. The van der Waals surface area contributed by atoms with Crippen LogP contribution in [0.25, 0.3) is 0 Å². The second-order valence-electron chi connectivity index (χ2n) is 4.49. The maximum atomic E-state index is 12.0. The van der Waals surface area contributed by atoms with Gasteiger partial charge >= 0.3 is 5.97 Å². The molecule has 0 aromatic carbocycles. The van der Waals surface area contributed by atoms with E-state index in [2.05, 4.69) is 0 Å². The van der Waals surface area contributed by atoms with Gasteiger partial charge < -0.3 is 5.11 Å². The highest BCUT2D eigenvalue weighted by atomic mass is 16.4. The molecule has 2 fully saturated rings. The van der Waals surface area contributed by atoms with E-state index in [4.69, 9.17) is 5.11 Å². The number of rotatable bonds is 5. The van der Waals surface area contributed by atoms with Gasteiger partial charge in [-0.3, -0.25) is 24.2 Å². The Labute approximate surface area is 99.2 Å². The SMILES string of the molecule is CCN1C(=O)CC(N(CC(=O)O)C2CC2)C1=O. The van der Waals surface area contributed by atoms with Crippen LogP contribution in [-0.2, 0) is 14.4 Å². The number of carbonyl (C=O) groups excluding carboxylic acids is 2. The van der Waals surface area contributed by atoms with Crippen LogP contribution >= 0.6 is 0 Å². The predicted molar refractivity (Wildman–Crippen MR) is 58.2 cm³/mol. The number of hydrogen-bond acceptors (Lipinski definition) is 4. The molecule has 6 heteroatoms. The summed E-state index contributed by atoms with van der Waals surface area (Å²) in [6.45, 7) is 1.95. The van der Waals surface area contributed by atoms with Crippen LogP contribution in [0.3, 0.4) is 0 Å². The normalized spacial score (nSPS) is 24.8. The number of likely N-dealkylation sites (N-methyl/N-ethyl adjacent to an activating group) is 1. The first kappa shape index (κ1) is 12.0. The summed E-state index contributed by atoms with van der Waals surface area (Å²) in [5.41, 5.74) is 0. The maximum Gasteiger partial charge on any atom is 0.317 e. The molecule has 0 aromatic rings. The molecule has 1 saturated heterocycles. The number of hydrogen-bond donors (Lipinski definition) is 1. The van der Waals surface area contributed by atoms with E-state index in [1.165, 1.54) is 4.90 Å². The lowest BCUT2D eigenvalue weighted by Crippen LogP contribution is -2.45. The van der Waals surface area contributed by atoms with Gasteiger partial charge in [-0.25, -0.2) is 0 Å². The first-order valence-electron chi connectivity index (χ1n) is 5.86. The van der Waals surface area contributed by atoms with Gasteiger partial charge in [0.1, 0.15) is 0 Å². The number of aliphatic carboxylic acids is 1. The van der Waals surface area contributed by atoms with E-state index in [0.717, 1.165) is 12.8 Å². The van der Waals surface area contributed by atoms with Gasteiger partial charge in [-0.05, 0) is 19.8 Å². The van der Waals surface area contributed by atoms with Crippen LogP contribution in [-0.4, -0.2) is 57.9 Å². The molecule has 94 valence electrons. The van der Waals surface area contributed by atoms with Crippen LogP contribution < -0.4 is 0 Å². The number of carboxylic acid groups (broad SMARTS) is 1. The molecule has 0 aromatic heterocycles. The molecule has 0 radical (unpaired) electrons. The van der Waals surface area contributed by atoms with Gasteiger partial charge in [0, 0.05) is 12.6 Å². The van der Waals surface area contributed by atoms with Crippen molar-refractivity contribution in [2.45, 2.75) is 38.3 Å². The lowest BCUT2D eigenvalue weighted by molar-refractivity contribution is -0.141. The van der Waals surface area contributed by atoms with Gasteiger partial charge in [0.25, 0.3) is 0 Å². The Balaban J connectivity index is 2.11. The van der Waals surface area contributed by atoms with Crippen molar-refractivity contribution in [1.82, 2.24) is 9.80 Å². The van der Waals surface area contributed by atoms with Crippen molar-refractivity contribution in [2.75, 3.05) is 13.1 Å². The topological polar surface area (TPSA) is 77.9 Å². The van der Waals surface area contributed by atoms with Crippen molar-refractivity contribution in [2.24, 2.45) is 0 Å². The van der Waals surface area contributed by atoms with Gasteiger partial charge in [0.05, 0.1) is 19.0 Å². The fourth-order valence-electron chi connectivity index (χ4n) is 2.31. The fourth-order valence-corrected chi connectivity index (χ4v) is 2.31. The summed E-state index contributed by atoms with van der Waals surface area (Å²) in [5, 5.41) is 8.84. The summed E-state index contributed by atoms with van der Waals surface area (Å²) in [5.74, 6) is -1.39. The highest BCUT2D eigenvalue weighted by Gasteiger charge is 2.46. The lowest BCUT2D eigenvalue weighted by atomic mass is 10.2. The molecule has 2 amide bonds. The average Bonchev–Trinajstić information content (AvgIpc) is 3.03. The van der Waals surface area contributed by atoms with Crippen LogP contribution in [0.15, 0.2) is 0 Å². The van der Waals surface area contributed by atoms with Crippen LogP contribution in [0.1, 0.15) is 26.2 Å². The molecule has 2 aliphatic rings. The number of amides is 2. The lowest BCUT2D eigenvalue weighted by Gasteiger charge is -2.25. The molecule has 6 nitrogen and oxygen atoms in total. The summed E-state index contributed by atoms with van der Waals surface area (Å²) in [6, 6.07) is -0.407. The van der Waals surface area contributed by atoms with Crippen molar-refractivity contribution < 1.29 is 19.5 Å². The van der Waals surface area contributed by atoms with E-state index < -0.39 is 12.0 Å². The third-order valence-corrected chi connectivity index (χ3v) is 3.27. The highest BCUT2D eigenvalue weighted by molar-refractivity contribution is 6.05. The minimum atomic E-state index is -0.952. The number of carbonyl (C=O) groups is 3. The minimum Gasteiger partial charge on any atom is -0.480 e. The number of nitrogens with zero attached hydrogens (tertiary/aromatic N) is 2. The number of imide groups is 1. The monoisotopic (exact) mass is 240 g/mol. The largest absolute Gasteiger partial charge is 0.480 e. The first-order chi connectivity index (χ1) is 8.04. The number of likely N-dealkylation sites (tertiary alicyclic amines) is 1. The quantitative estimate of drug-likeness (QED) is 0.666. The standard InChI is InChI=1S/C11H16N2O4/c1-2-12-9(14)5-8(11(12)17)13(6-10(15)16)7-3-4-7/h7-8H,2-6H2,1H3,(H,15,16). The molecule has 0 spiro atoms. The molecule has 1 saturated carbocycles. The van der Waals surface area contributed by atoms with Crippen LogP contribution in [0, 0.1) is 0 Å². The molecule has 1 N–H and O–H groups in total. The molecular weight excluding hydrogens is 224 g/mol.